The molecule has 0 atom stereocenters. The van der Waals surface area contributed by atoms with E-state index in [1.807, 2.05) is 36.4 Å². The number of anilines is 1. The second kappa shape index (κ2) is 5.45. The lowest BCUT2D eigenvalue weighted by Gasteiger charge is -1.99. The van der Waals surface area contributed by atoms with E-state index in [1.54, 1.807) is 11.7 Å². The molecule has 0 unspecified atom stereocenters. The molecule has 2 aromatic rings. The van der Waals surface area contributed by atoms with Crippen LogP contribution in [0.25, 0.3) is 6.08 Å². The predicted molar refractivity (Wildman–Crippen MR) is 67.8 cm³/mol. The van der Waals surface area contributed by atoms with Gasteiger partial charge in [0.05, 0.1) is 0 Å². The number of tetrazole rings is 1. The van der Waals surface area contributed by atoms with Crippen molar-refractivity contribution in [3.63, 3.8) is 0 Å². The van der Waals surface area contributed by atoms with Crippen LogP contribution in [0.15, 0.2) is 30.3 Å². The number of aryl methyl sites for hydroxylation is 1. The molecule has 0 amide bonds. The highest BCUT2D eigenvalue weighted by atomic mass is 35.5. The zero-order valence-corrected chi connectivity index (χ0v) is 10.1. The van der Waals surface area contributed by atoms with Gasteiger partial charge in [0.25, 0.3) is 0 Å². The van der Waals surface area contributed by atoms with Gasteiger partial charge in [0.2, 0.25) is 5.95 Å². The lowest BCUT2D eigenvalue weighted by molar-refractivity contribution is 0.713. The van der Waals surface area contributed by atoms with Crippen molar-refractivity contribution >= 4 is 23.6 Å². The van der Waals surface area contributed by atoms with Gasteiger partial charge in [-0.1, -0.05) is 41.0 Å². The molecule has 17 heavy (non-hydrogen) atoms. The summed E-state index contributed by atoms with van der Waals surface area (Å²) in [5.41, 5.74) is 1.10. The average Bonchev–Trinajstić information content (AvgIpc) is 2.73. The Morgan fingerprint density at radius 1 is 1.35 bits per heavy atom. The molecular formula is C11H12ClN5. The summed E-state index contributed by atoms with van der Waals surface area (Å²) in [6, 6.07) is 7.65. The molecule has 0 radical (unpaired) electrons. The predicted octanol–water partition coefficient (Wildman–Crippen LogP) is 1.99. The van der Waals surface area contributed by atoms with E-state index >= 15 is 0 Å². The monoisotopic (exact) mass is 249 g/mol. The molecule has 0 spiro atoms. The quantitative estimate of drug-likeness (QED) is 0.900. The number of hydrogen-bond donors (Lipinski definition) is 1. The van der Waals surface area contributed by atoms with E-state index in [4.69, 9.17) is 11.6 Å². The van der Waals surface area contributed by atoms with Crippen molar-refractivity contribution in [3.8, 4) is 0 Å². The first-order chi connectivity index (χ1) is 8.25. The largest absolute Gasteiger partial charge is 0.350 e. The van der Waals surface area contributed by atoms with Crippen molar-refractivity contribution in [2.75, 3.05) is 11.9 Å². The molecule has 0 saturated carbocycles. The molecule has 5 nitrogen and oxygen atoms in total. The SMILES string of the molecule is Cn1nnnc1NC/C=C/c1ccc(Cl)cc1. The first-order valence-electron chi connectivity index (χ1n) is 5.14. The van der Waals surface area contributed by atoms with Crippen molar-refractivity contribution in [1.29, 1.82) is 0 Å². The highest BCUT2D eigenvalue weighted by Gasteiger charge is 1.97. The highest BCUT2D eigenvalue weighted by molar-refractivity contribution is 6.30. The number of halogens is 1. The first kappa shape index (κ1) is 11.6. The number of rotatable bonds is 4. The fourth-order valence-corrected chi connectivity index (χ4v) is 1.42. The minimum atomic E-state index is 0.644. The third-order valence-electron chi connectivity index (χ3n) is 2.18. The van der Waals surface area contributed by atoms with Gasteiger partial charge < -0.3 is 5.32 Å². The van der Waals surface area contributed by atoms with Gasteiger partial charge in [-0.15, -0.1) is 0 Å². The van der Waals surface area contributed by atoms with Crippen LogP contribution in [0, 0.1) is 0 Å². The molecule has 1 aromatic heterocycles. The van der Waals surface area contributed by atoms with E-state index in [0.29, 0.717) is 12.5 Å². The van der Waals surface area contributed by atoms with Gasteiger partial charge >= 0.3 is 0 Å². The lowest BCUT2D eigenvalue weighted by Crippen LogP contribution is -2.05. The zero-order valence-electron chi connectivity index (χ0n) is 9.34. The first-order valence-corrected chi connectivity index (χ1v) is 5.52. The number of nitrogens with one attached hydrogen (secondary N) is 1. The maximum atomic E-state index is 5.80. The molecule has 6 heteroatoms. The van der Waals surface area contributed by atoms with E-state index in [9.17, 15) is 0 Å². The van der Waals surface area contributed by atoms with E-state index in [-0.39, 0.29) is 0 Å². The van der Waals surface area contributed by atoms with Gasteiger partial charge in [-0.2, -0.15) is 0 Å². The van der Waals surface area contributed by atoms with Crippen LogP contribution >= 0.6 is 11.6 Å². The topological polar surface area (TPSA) is 55.6 Å². The highest BCUT2D eigenvalue weighted by Crippen LogP contribution is 2.10. The van der Waals surface area contributed by atoms with Gasteiger partial charge in [0, 0.05) is 18.6 Å². The number of aromatic nitrogens is 4. The van der Waals surface area contributed by atoms with Gasteiger partial charge in [0.15, 0.2) is 0 Å². The fraction of sp³-hybridized carbons (Fsp3) is 0.182. The Morgan fingerprint density at radius 2 is 2.12 bits per heavy atom. The Bertz CT molecular complexity index is 503. The van der Waals surface area contributed by atoms with Gasteiger partial charge in [-0.25, -0.2) is 4.68 Å². The van der Waals surface area contributed by atoms with E-state index in [1.165, 1.54) is 0 Å². The van der Waals surface area contributed by atoms with E-state index < -0.39 is 0 Å². The molecule has 0 saturated heterocycles. The summed E-state index contributed by atoms with van der Waals surface area (Å²) in [5, 5.41) is 14.9. The number of nitrogens with zero attached hydrogens (tertiary/aromatic N) is 4. The summed E-state index contributed by atoms with van der Waals surface area (Å²) in [6.07, 6.45) is 4.01. The third-order valence-corrected chi connectivity index (χ3v) is 2.43. The molecule has 88 valence electrons. The molecule has 1 heterocycles. The van der Waals surface area contributed by atoms with Crippen LogP contribution in [-0.2, 0) is 7.05 Å². The fourth-order valence-electron chi connectivity index (χ4n) is 1.30. The standard InChI is InChI=1S/C11H12ClN5/c1-17-11(14-15-16-17)13-8-2-3-9-4-6-10(12)7-5-9/h2-7H,8H2,1H3,(H,13,14,16)/b3-2+. The van der Waals surface area contributed by atoms with Gasteiger partial charge in [-0.3, -0.25) is 0 Å². The Morgan fingerprint density at radius 3 is 2.76 bits per heavy atom. The van der Waals surface area contributed by atoms with Crippen LogP contribution in [-0.4, -0.2) is 26.8 Å². The van der Waals surface area contributed by atoms with Crippen molar-refractivity contribution in [1.82, 2.24) is 20.2 Å². The molecule has 1 aromatic carbocycles. The number of hydrogen-bond acceptors (Lipinski definition) is 4. The van der Waals surface area contributed by atoms with E-state index in [2.05, 4.69) is 20.8 Å². The third kappa shape index (κ3) is 3.29. The van der Waals surface area contributed by atoms with Crippen LogP contribution in [0.1, 0.15) is 5.56 Å². The Hall–Kier alpha value is -1.88. The summed E-state index contributed by atoms with van der Waals surface area (Å²) < 4.78 is 1.58. The molecule has 0 bridgehead atoms. The van der Waals surface area contributed by atoms with Gasteiger partial charge in [0.1, 0.15) is 0 Å². The maximum Gasteiger partial charge on any atom is 0.242 e. The summed E-state index contributed by atoms with van der Waals surface area (Å²) in [4.78, 5) is 0. The molecule has 0 aliphatic heterocycles. The van der Waals surface area contributed by atoms with Crippen LogP contribution in [0.3, 0.4) is 0 Å². The second-order valence-corrected chi connectivity index (χ2v) is 3.90. The van der Waals surface area contributed by atoms with Crippen molar-refractivity contribution in [3.05, 3.63) is 40.9 Å². The van der Waals surface area contributed by atoms with Crippen LogP contribution < -0.4 is 5.32 Å². The maximum absolute atomic E-state index is 5.80. The van der Waals surface area contributed by atoms with Crippen molar-refractivity contribution < 1.29 is 0 Å². The normalized spacial score (nSPS) is 10.9. The second-order valence-electron chi connectivity index (χ2n) is 3.46. The molecule has 2 rings (SSSR count). The lowest BCUT2D eigenvalue weighted by atomic mass is 10.2. The molecule has 0 aliphatic rings. The van der Waals surface area contributed by atoms with Gasteiger partial charge in [-0.05, 0) is 28.1 Å². The summed E-state index contributed by atoms with van der Waals surface area (Å²) in [5.74, 6) is 0.644. The Kier molecular flexibility index (Phi) is 3.72. The molecule has 0 aliphatic carbocycles. The zero-order chi connectivity index (χ0) is 12.1. The van der Waals surface area contributed by atoms with Crippen LogP contribution in [0.2, 0.25) is 5.02 Å². The minimum Gasteiger partial charge on any atom is -0.350 e. The minimum absolute atomic E-state index is 0.644. The Labute approximate surface area is 104 Å². The smallest absolute Gasteiger partial charge is 0.242 e. The average molecular weight is 250 g/mol. The molecule has 0 fully saturated rings. The number of benzene rings is 1. The van der Waals surface area contributed by atoms with Crippen LogP contribution in [0.4, 0.5) is 5.95 Å². The molecular weight excluding hydrogens is 238 g/mol. The van der Waals surface area contributed by atoms with Crippen LogP contribution in [0.5, 0.6) is 0 Å². The van der Waals surface area contributed by atoms with Crippen molar-refractivity contribution in [2.45, 2.75) is 0 Å². The summed E-state index contributed by atoms with van der Waals surface area (Å²) >= 11 is 5.80. The Balaban J connectivity index is 1.86. The summed E-state index contributed by atoms with van der Waals surface area (Å²) in [7, 11) is 1.78. The van der Waals surface area contributed by atoms with E-state index in [0.717, 1.165) is 10.6 Å². The van der Waals surface area contributed by atoms with Crippen molar-refractivity contribution in [2.24, 2.45) is 7.05 Å². The molecule has 1 N–H and O–H groups in total. The summed E-state index contributed by atoms with van der Waals surface area (Å²) in [6.45, 7) is 0.664.